The number of hydrogen-bond donors (Lipinski definition) is 1. The summed E-state index contributed by atoms with van der Waals surface area (Å²) in [7, 11) is 0. The van der Waals surface area contributed by atoms with Crippen LogP contribution in [0, 0.1) is 0 Å². The van der Waals surface area contributed by atoms with E-state index in [0.717, 1.165) is 0 Å². The number of H-pyrrole nitrogens is 1. The van der Waals surface area contributed by atoms with Crippen LogP contribution in [0.1, 0.15) is 44.2 Å². The Balaban J connectivity index is 1.90. The van der Waals surface area contributed by atoms with E-state index in [9.17, 15) is 0 Å². The molecule has 0 fully saturated rings. The first-order valence-corrected chi connectivity index (χ1v) is 7.43. The van der Waals surface area contributed by atoms with Gasteiger partial charge in [-0.3, -0.25) is 0 Å². The van der Waals surface area contributed by atoms with Crippen LogP contribution >= 0.6 is 0 Å². The number of nitrogens with one attached hydrogen (secondary N) is 1. The maximum absolute atomic E-state index is 4.21. The molecule has 0 radical (unpaired) electrons. The average molecular weight is 267 g/mol. The summed E-state index contributed by atoms with van der Waals surface area (Å²) >= 11 is 0. The molecule has 2 aromatic heterocycles. The Morgan fingerprint density at radius 2 is 2.20 bits per heavy atom. The number of imidazole rings is 1. The van der Waals surface area contributed by atoms with Crippen molar-refractivity contribution in [3.63, 3.8) is 0 Å². The fourth-order valence-corrected chi connectivity index (χ4v) is 2.81. The van der Waals surface area contributed by atoms with E-state index in [1.807, 2.05) is 18.7 Å². The Morgan fingerprint density at radius 3 is 3.00 bits per heavy atom. The number of rotatable bonds is 6. The highest BCUT2D eigenvalue weighted by Crippen LogP contribution is 2.27. The summed E-state index contributed by atoms with van der Waals surface area (Å²) < 4.78 is 2.23. The lowest BCUT2D eigenvalue weighted by Gasteiger charge is -2.19. The summed E-state index contributed by atoms with van der Waals surface area (Å²) in [5.74, 6) is 0. The fraction of sp³-hybridized carbons (Fsp3) is 0.353. The molecule has 2 heterocycles. The van der Waals surface area contributed by atoms with Crippen LogP contribution in [-0.2, 0) is 0 Å². The van der Waals surface area contributed by atoms with E-state index in [-0.39, 0.29) is 0 Å². The van der Waals surface area contributed by atoms with Gasteiger partial charge < -0.3 is 9.55 Å². The molecular formula is C17H21N3. The third-order valence-corrected chi connectivity index (χ3v) is 3.93. The van der Waals surface area contributed by atoms with Gasteiger partial charge in [0.25, 0.3) is 0 Å². The number of fused-ring (bicyclic) bond motifs is 1. The summed E-state index contributed by atoms with van der Waals surface area (Å²) in [5.41, 5.74) is 2.57. The van der Waals surface area contributed by atoms with Crippen LogP contribution in [0.25, 0.3) is 10.9 Å². The van der Waals surface area contributed by atoms with E-state index >= 15 is 0 Å². The molecule has 1 aromatic carbocycles. The molecule has 0 saturated heterocycles. The Bertz CT molecular complexity index is 652. The summed E-state index contributed by atoms with van der Waals surface area (Å²) in [6.07, 6.45) is 12.8. The van der Waals surface area contributed by atoms with Crippen molar-refractivity contribution in [2.45, 2.75) is 38.6 Å². The van der Waals surface area contributed by atoms with Crippen molar-refractivity contribution in [2.75, 3.05) is 0 Å². The molecule has 20 heavy (non-hydrogen) atoms. The van der Waals surface area contributed by atoms with Gasteiger partial charge in [0.15, 0.2) is 0 Å². The third-order valence-electron chi connectivity index (χ3n) is 3.93. The molecule has 3 aromatic rings. The second kappa shape index (κ2) is 5.95. The van der Waals surface area contributed by atoms with Crippen LogP contribution in [0.3, 0.4) is 0 Å². The SMILES string of the molecule is CCCCCC(c1ccc2[nH]ccc2c1)n1ccnc1. The molecule has 1 N–H and O–H groups in total. The van der Waals surface area contributed by atoms with Crippen molar-refractivity contribution < 1.29 is 0 Å². The minimum absolute atomic E-state index is 0.392. The maximum atomic E-state index is 4.21. The minimum Gasteiger partial charge on any atom is -0.361 e. The van der Waals surface area contributed by atoms with Gasteiger partial charge in [0.05, 0.1) is 12.4 Å². The van der Waals surface area contributed by atoms with Crippen LogP contribution in [-0.4, -0.2) is 14.5 Å². The topological polar surface area (TPSA) is 33.6 Å². The van der Waals surface area contributed by atoms with E-state index in [1.165, 1.54) is 42.1 Å². The van der Waals surface area contributed by atoms with E-state index in [2.05, 4.69) is 51.9 Å². The molecule has 0 bridgehead atoms. The normalized spacial score (nSPS) is 12.8. The van der Waals surface area contributed by atoms with Crippen LogP contribution in [0.2, 0.25) is 0 Å². The Labute approximate surface area is 119 Å². The van der Waals surface area contributed by atoms with Crippen molar-refractivity contribution in [1.29, 1.82) is 0 Å². The largest absolute Gasteiger partial charge is 0.361 e. The van der Waals surface area contributed by atoms with Crippen LogP contribution in [0.5, 0.6) is 0 Å². The molecule has 3 heteroatoms. The van der Waals surface area contributed by atoms with Crippen molar-refractivity contribution in [1.82, 2.24) is 14.5 Å². The van der Waals surface area contributed by atoms with Crippen LogP contribution in [0.4, 0.5) is 0 Å². The highest BCUT2D eigenvalue weighted by atomic mass is 15.0. The van der Waals surface area contributed by atoms with Crippen LogP contribution < -0.4 is 0 Å². The van der Waals surface area contributed by atoms with E-state index in [1.54, 1.807) is 0 Å². The second-order valence-corrected chi connectivity index (χ2v) is 5.35. The summed E-state index contributed by atoms with van der Waals surface area (Å²) in [4.78, 5) is 7.46. The van der Waals surface area contributed by atoms with Gasteiger partial charge in [-0.05, 0) is 35.6 Å². The van der Waals surface area contributed by atoms with Gasteiger partial charge in [-0.1, -0.05) is 32.3 Å². The minimum atomic E-state index is 0.392. The molecule has 104 valence electrons. The summed E-state index contributed by atoms with van der Waals surface area (Å²) in [5, 5.41) is 1.28. The van der Waals surface area contributed by atoms with Gasteiger partial charge in [0.1, 0.15) is 0 Å². The first-order chi connectivity index (χ1) is 9.88. The fourth-order valence-electron chi connectivity index (χ4n) is 2.81. The molecule has 0 aliphatic carbocycles. The first-order valence-electron chi connectivity index (χ1n) is 7.43. The van der Waals surface area contributed by atoms with Gasteiger partial charge in [-0.2, -0.15) is 0 Å². The Kier molecular flexibility index (Phi) is 3.86. The Hall–Kier alpha value is -2.03. The molecule has 0 spiro atoms. The van der Waals surface area contributed by atoms with Crippen molar-refractivity contribution in [2.24, 2.45) is 0 Å². The molecule has 3 nitrogen and oxygen atoms in total. The quantitative estimate of drug-likeness (QED) is 0.654. The lowest BCUT2D eigenvalue weighted by molar-refractivity contribution is 0.505. The molecular weight excluding hydrogens is 246 g/mol. The van der Waals surface area contributed by atoms with Gasteiger partial charge >= 0.3 is 0 Å². The lowest BCUT2D eigenvalue weighted by atomic mass is 9.99. The smallest absolute Gasteiger partial charge is 0.0951 e. The standard InChI is InChI=1S/C17H21N3/c1-2-3-4-5-17(20-11-10-18-13-20)15-6-7-16-14(12-15)8-9-19-16/h6-13,17,19H,2-5H2,1H3. The zero-order valence-corrected chi connectivity index (χ0v) is 11.9. The molecule has 0 amide bonds. The zero-order valence-electron chi connectivity index (χ0n) is 11.9. The number of aromatic nitrogens is 3. The van der Waals surface area contributed by atoms with Crippen molar-refractivity contribution >= 4 is 10.9 Å². The van der Waals surface area contributed by atoms with E-state index in [0.29, 0.717) is 6.04 Å². The van der Waals surface area contributed by atoms with Gasteiger partial charge in [0, 0.05) is 24.1 Å². The molecule has 1 unspecified atom stereocenters. The summed E-state index contributed by atoms with van der Waals surface area (Å²) in [6.45, 7) is 2.25. The highest BCUT2D eigenvalue weighted by Gasteiger charge is 2.13. The molecule has 3 rings (SSSR count). The molecule has 0 aliphatic heterocycles. The number of unbranched alkanes of at least 4 members (excludes halogenated alkanes) is 2. The second-order valence-electron chi connectivity index (χ2n) is 5.35. The zero-order chi connectivity index (χ0) is 13.8. The van der Waals surface area contributed by atoms with Gasteiger partial charge in [-0.25, -0.2) is 4.98 Å². The van der Waals surface area contributed by atoms with Gasteiger partial charge in [0.2, 0.25) is 0 Å². The molecule has 0 aliphatic rings. The van der Waals surface area contributed by atoms with Crippen molar-refractivity contribution in [3.05, 3.63) is 54.7 Å². The number of benzene rings is 1. The summed E-state index contributed by atoms with van der Waals surface area (Å²) in [6, 6.07) is 9.23. The predicted molar refractivity (Wildman–Crippen MR) is 82.8 cm³/mol. The van der Waals surface area contributed by atoms with E-state index in [4.69, 9.17) is 0 Å². The number of hydrogen-bond acceptors (Lipinski definition) is 1. The monoisotopic (exact) mass is 267 g/mol. The molecule has 0 saturated carbocycles. The van der Waals surface area contributed by atoms with Crippen LogP contribution in [0.15, 0.2) is 49.2 Å². The van der Waals surface area contributed by atoms with Gasteiger partial charge in [-0.15, -0.1) is 0 Å². The first kappa shape index (κ1) is 13.0. The Morgan fingerprint density at radius 1 is 1.25 bits per heavy atom. The molecule has 1 atom stereocenters. The number of nitrogens with zero attached hydrogens (tertiary/aromatic N) is 2. The predicted octanol–water partition coefficient (Wildman–Crippen LogP) is 4.53. The highest BCUT2D eigenvalue weighted by molar-refractivity contribution is 5.80. The lowest BCUT2D eigenvalue weighted by Crippen LogP contribution is -2.09. The third kappa shape index (κ3) is 2.62. The van der Waals surface area contributed by atoms with E-state index < -0.39 is 0 Å². The maximum Gasteiger partial charge on any atom is 0.0951 e. The number of aromatic amines is 1. The van der Waals surface area contributed by atoms with Crippen molar-refractivity contribution in [3.8, 4) is 0 Å². The average Bonchev–Trinajstić information content (AvgIpc) is 3.13.